The number of furan rings is 1. The molecule has 10 aromatic rings. The lowest BCUT2D eigenvalue weighted by Gasteiger charge is -2.28. The molecule has 0 N–H and O–H groups in total. The highest BCUT2D eigenvalue weighted by Gasteiger charge is 2.25. The molecule has 0 saturated carbocycles. The van der Waals surface area contributed by atoms with Gasteiger partial charge in [0, 0.05) is 53.3 Å². The van der Waals surface area contributed by atoms with E-state index in [-0.39, 0.29) is 0 Å². The van der Waals surface area contributed by atoms with Gasteiger partial charge in [-0.2, -0.15) is 0 Å². The second kappa shape index (κ2) is 10.3. The van der Waals surface area contributed by atoms with Gasteiger partial charge in [0.05, 0.1) is 5.69 Å². The van der Waals surface area contributed by atoms with Crippen LogP contribution in [0.2, 0.25) is 0 Å². The van der Waals surface area contributed by atoms with E-state index in [0.29, 0.717) is 0 Å². The van der Waals surface area contributed by atoms with E-state index in [0.717, 1.165) is 55.5 Å². The zero-order chi connectivity index (χ0) is 30.9. The van der Waals surface area contributed by atoms with Crippen molar-refractivity contribution in [3.8, 4) is 11.1 Å². The van der Waals surface area contributed by atoms with Crippen LogP contribution < -0.4 is 4.90 Å². The number of rotatable bonds is 4. The molecule has 0 radical (unpaired) electrons. The molecule has 0 spiro atoms. The predicted molar refractivity (Wildman–Crippen MR) is 202 cm³/mol. The van der Waals surface area contributed by atoms with Crippen LogP contribution in [0.5, 0.6) is 0 Å². The molecule has 2 heterocycles. The Morgan fingerprint density at radius 1 is 0.426 bits per heavy atom. The first kappa shape index (κ1) is 26.3. The lowest BCUT2D eigenvalue weighted by molar-refractivity contribution is 0.673. The molecule has 0 saturated heterocycles. The minimum Gasteiger partial charge on any atom is -0.455 e. The van der Waals surface area contributed by atoms with Gasteiger partial charge >= 0.3 is 0 Å². The Labute approximate surface area is 275 Å². The summed E-state index contributed by atoms with van der Waals surface area (Å²) in [5.41, 5.74) is 7.45. The summed E-state index contributed by atoms with van der Waals surface area (Å²) in [5, 5.41) is 9.66. The Hall–Kier alpha value is -5.90. The van der Waals surface area contributed by atoms with Gasteiger partial charge in [-0.05, 0) is 64.2 Å². The van der Waals surface area contributed by atoms with Crippen LogP contribution in [-0.2, 0) is 0 Å². The molecule has 2 aromatic heterocycles. The highest BCUT2D eigenvalue weighted by Crippen LogP contribution is 2.50. The first-order chi connectivity index (χ1) is 23.3. The van der Waals surface area contributed by atoms with Crippen molar-refractivity contribution in [3.63, 3.8) is 0 Å². The molecule has 0 unspecified atom stereocenters. The molecular weight excluding hydrogens is 591 g/mol. The van der Waals surface area contributed by atoms with E-state index in [4.69, 9.17) is 4.42 Å². The number of fused-ring (bicyclic) bond motifs is 11. The topological polar surface area (TPSA) is 16.4 Å². The highest BCUT2D eigenvalue weighted by molar-refractivity contribution is 7.25. The second-order valence-corrected chi connectivity index (χ2v) is 13.1. The first-order valence-corrected chi connectivity index (χ1v) is 16.8. The quantitative estimate of drug-likeness (QED) is 0.183. The summed E-state index contributed by atoms with van der Waals surface area (Å²) in [6, 6.07) is 58.8. The summed E-state index contributed by atoms with van der Waals surface area (Å²) in [7, 11) is 0. The maximum absolute atomic E-state index is 6.86. The standard InChI is InChI=1S/C44H27NOS/c1-3-13-28(14-4-1)41-37(25-26-38-43(41)42-35-20-9-7-17-31(35)32-18-8-10-21-36(32)44(42)46-38)45(29-15-5-2-6-16-29)30-23-24-34-33-19-11-12-22-39(33)47-40(34)27-30/h1-27H. The maximum Gasteiger partial charge on any atom is 0.143 e. The summed E-state index contributed by atoms with van der Waals surface area (Å²) < 4.78 is 9.44. The average Bonchev–Trinajstić information content (AvgIpc) is 3.72. The summed E-state index contributed by atoms with van der Waals surface area (Å²) in [5.74, 6) is 0. The van der Waals surface area contributed by atoms with Crippen LogP contribution in [0.15, 0.2) is 168 Å². The molecule has 0 amide bonds. The molecule has 0 bridgehead atoms. The maximum atomic E-state index is 6.86. The summed E-state index contributed by atoms with van der Waals surface area (Å²) in [4.78, 5) is 2.41. The molecule has 47 heavy (non-hydrogen) atoms. The molecule has 0 aliphatic carbocycles. The molecule has 2 nitrogen and oxygen atoms in total. The zero-order valence-corrected chi connectivity index (χ0v) is 26.2. The van der Waals surface area contributed by atoms with Crippen molar-refractivity contribution in [1.82, 2.24) is 0 Å². The Morgan fingerprint density at radius 3 is 1.83 bits per heavy atom. The molecule has 0 aliphatic heterocycles. The van der Waals surface area contributed by atoms with E-state index in [1.807, 2.05) is 11.3 Å². The third-order valence-electron chi connectivity index (χ3n) is 9.43. The van der Waals surface area contributed by atoms with Crippen molar-refractivity contribution in [1.29, 1.82) is 0 Å². The van der Waals surface area contributed by atoms with E-state index < -0.39 is 0 Å². The molecular formula is C44H27NOS. The number of nitrogens with zero attached hydrogens (tertiary/aromatic N) is 1. The van der Waals surface area contributed by atoms with E-state index in [1.54, 1.807) is 0 Å². The minimum absolute atomic E-state index is 0.886. The van der Waals surface area contributed by atoms with Crippen LogP contribution in [0.1, 0.15) is 0 Å². The van der Waals surface area contributed by atoms with Crippen LogP contribution in [0.3, 0.4) is 0 Å². The number of hydrogen-bond acceptors (Lipinski definition) is 3. The van der Waals surface area contributed by atoms with Gasteiger partial charge in [0.1, 0.15) is 11.2 Å². The monoisotopic (exact) mass is 617 g/mol. The smallest absolute Gasteiger partial charge is 0.143 e. The number of thiophene rings is 1. The second-order valence-electron chi connectivity index (χ2n) is 12.0. The molecule has 3 heteroatoms. The molecule has 10 rings (SSSR count). The number of hydrogen-bond donors (Lipinski definition) is 0. The van der Waals surface area contributed by atoms with Crippen LogP contribution in [0.25, 0.3) is 74.8 Å². The fraction of sp³-hybridized carbons (Fsp3) is 0. The first-order valence-electron chi connectivity index (χ1n) is 15.9. The van der Waals surface area contributed by atoms with Crippen LogP contribution in [-0.4, -0.2) is 0 Å². The van der Waals surface area contributed by atoms with Crippen LogP contribution in [0, 0.1) is 0 Å². The van der Waals surface area contributed by atoms with Gasteiger partial charge in [-0.1, -0.05) is 121 Å². The zero-order valence-electron chi connectivity index (χ0n) is 25.4. The summed E-state index contributed by atoms with van der Waals surface area (Å²) in [6.07, 6.45) is 0. The molecule has 8 aromatic carbocycles. The van der Waals surface area contributed by atoms with Crippen molar-refractivity contribution in [2.24, 2.45) is 0 Å². The Kier molecular flexibility index (Phi) is 5.78. The van der Waals surface area contributed by atoms with Crippen molar-refractivity contribution in [2.45, 2.75) is 0 Å². The lowest BCUT2D eigenvalue weighted by atomic mass is 9.92. The van der Waals surface area contributed by atoms with E-state index >= 15 is 0 Å². The van der Waals surface area contributed by atoms with Gasteiger partial charge in [0.25, 0.3) is 0 Å². The Bertz CT molecular complexity index is 2790. The van der Waals surface area contributed by atoms with Crippen molar-refractivity contribution in [3.05, 3.63) is 164 Å². The Balaban J connectivity index is 1.35. The van der Waals surface area contributed by atoms with Crippen molar-refractivity contribution in [2.75, 3.05) is 4.90 Å². The van der Waals surface area contributed by atoms with Gasteiger partial charge in [0.2, 0.25) is 0 Å². The van der Waals surface area contributed by atoms with Gasteiger partial charge < -0.3 is 9.32 Å². The van der Waals surface area contributed by atoms with Crippen molar-refractivity contribution < 1.29 is 4.42 Å². The van der Waals surface area contributed by atoms with E-state index in [9.17, 15) is 0 Å². The summed E-state index contributed by atoms with van der Waals surface area (Å²) >= 11 is 1.85. The number of benzene rings is 8. The summed E-state index contributed by atoms with van der Waals surface area (Å²) in [6.45, 7) is 0. The highest BCUT2D eigenvalue weighted by atomic mass is 32.1. The normalized spacial score (nSPS) is 11.8. The Morgan fingerprint density at radius 2 is 1.04 bits per heavy atom. The fourth-order valence-corrected chi connectivity index (χ4v) is 8.56. The third kappa shape index (κ3) is 3.97. The van der Waals surface area contributed by atoms with Gasteiger partial charge in [-0.3, -0.25) is 0 Å². The number of para-hydroxylation sites is 1. The SMILES string of the molecule is c1ccc(-c2c(N(c3ccccc3)c3ccc4c(c3)sc3ccccc34)ccc3oc4c5ccccc5c5ccccc5c4c23)cc1. The molecule has 0 fully saturated rings. The largest absolute Gasteiger partial charge is 0.455 e. The lowest BCUT2D eigenvalue weighted by Crippen LogP contribution is -2.11. The average molecular weight is 618 g/mol. The van der Waals surface area contributed by atoms with Gasteiger partial charge in [-0.25, -0.2) is 0 Å². The fourth-order valence-electron chi connectivity index (χ4n) is 7.42. The van der Waals surface area contributed by atoms with Crippen LogP contribution in [0.4, 0.5) is 17.1 Å². The number of anilines is 3. The molecule has 220 valence electrons. The molecule has 0 aliphatic rings. The molecule has 0 atom stereocenters. The third-order valence-corrected chi connectivity index (χ3v) is 10.6. The van der Waals surface area contributed by atoms with E-state index in [2.05, 4.69) is 169 Å². The minimum atomic E-state index is 0.886. The predicted octanol–water partition coefficient (Wildman–Crippen LogP) is 13.4. The van der Waals surface area contributed by atoms with E-state index in [1.165, 1.54) is 36.3 Å². The van der Waals surface area contributed by atoms with Crippen molar-refractivity contribution >= 4 is 92.1 Å². The van der Waals surface area contributed by atoms with Gasteiger partial charge in [0.15, 0.2) is 0 Å². The van der Waals surface area contributed by atoms with Gasteiger partial charge in [-0.15, -0.1) is 11.3 Å². The van der Waals surface area contributed by atoms with Crippen LogP contribution >= 0.6 is 11.3 Å².